The van der Waals surface area contributed by atoms with E-state index in [1.165, 1.54) is 0 Å². The second-order valence-corrected chi connectivity index (χ2v) is 4.77. The largest absolute Gasteiger partial charge is 0.496 e. The minimum absolute atomic E-state index is 0.198. The molecule has 1 aromatic rings. The van der Waals surface area contributed by atoms with Gasteiger partial charge in [-0.15, -0.1) is 0 Å². The molecule has 2 rings (SSSR count). The molecule has 18 heavy (non-hydrogen) atoms. The van der Waals surface area contributed by atoms with Crippen LogP contribution in [-0.4, -0.2) is 25.9 Å². The van der Waals surface area contributed by atoms with Gasteiger partial charge in [-0.25, -0.2) is 0 Å². The molecular weight excluding hydrogens is 230 g/mol. The number of benzene rings is 1. The highest BCUT2D eigenvalue weighted by molar-refractivity contribution is 5.52. The predicted octanol–water partition coefficient (Wildman–Crippen LogP) is 1.58. The summed E-state index contributed by atoms with van der Waals surface area (Å²) < 4.78 is 10.8. The van der Waals surface area contributed by atoms with Crippen molar-refractivity contribution >= 4 is 0 Å². The van der Waals surface area contributed by atoms with E-state index < -0.39 is 5.60 Å². The van der Waals surface area contributed by atoms with Crippen LogP contribution in [-0.2, 0) is 12.0 Å². The smallest absolute Gasteiger partial charge is 0.125 e. The van der Waals surface area contributed by atoms with Gasteiger partial charge in [0.15, 0.2) is 0 Å². The van der Waals surface area contributed by atoms with Crippen LogP contribution in [0.2, 0.25) is 0 Å². The van der Waals surface area contributed by atoms with Crippen LogP contribution >= 0.6 is 0 Å². The molecular formula is C14H21NO3. The first-order valence-electron chi connectivity index (χ1n) is 6.33. The van der Waals surface area contributed by atoms with E-state index >= 15 is 0 Å². The highest BCUT2D eigenvalue weighted by atomic mass is 16.5. The molecule has 1 aliphatic carbocycles. The van der Waals surface area contributed by atoms with E-state index in [-0.39, 0.29) is 6.54 Å². The highest BCUT2D eigenvalue weighted by Gasteiger charge is 2.36. The van der Waals surface area contributed by atoms with Gasteiger partial charge in [-0.1, -0.05) is 0 Å². The Bertz CT molecular complexity index is 433. The van der Waals surface area contributed by atoms with Crippen LogP contribution in [0.3, 0.4) is 0 Å². The first-order valence-corrected chi connectivity index (χ1v) is 6.33. The van der Waals surface area contributed by atoms with E-state index in [9.17, 15) is 5.11 Å². The molecule has 0 saturated heterocycles. The number of rotatable bonds is 3. The van der Waals surface area contributed by atoms with E-state index in [0.29, 0.717) is 12.2 Å². The Kier molecular flexibility index (Phi) is 3.78. The molecule has 0 saturated carbocycles. The Labute approximate surface area is 108 Å². The van der Waals surface area contributed by atoms with Crippen molar-refractivity contribution in [3.05, 3.63) is 23.3 Å². The summed E-state index contributed by atoms with van der Waals surface area (Å²) in [6.07, 6.45) is 3.53. The van der Waals surface area contributed by atoms with Crippen molar-refractivity contribution in [3.8, 4) is 11.5 Å². The first-order chi connectivity index (χ1) is 8.66. The minimum Gasteiger partial charge on any atom is -0.496 e. The van der Waals surface area contributed by atoms with Crippen molar-refractivity contribution in [2.75, 3.05) is 20.8 Å². The summed E-state index contributed by atoms with van der Waals surface area (Å²) in [4.78, 5) is 0. The topological polar surface area (TPSA) is 64.7 Å². The Balaban J connectivity index is 2.66. The van der Waals surface area contributed by atoms with E-state index in [2.05, 4.69) is 0 Å². The summed E-state index contributed by atoms with van der Waals surface area (Å²) >= 11 is 0. The fraction of sp³-hybridized carbons (Fsp3) is 0.571. The Morgan fingerprint density at radius 3 is 2.50 bits per heavy atom. The van der Waals surface area contributed by atoms with Gasteiger partial charge in [0.25, 0.3) is 0 Å². The standard InChI is InChI=1S/C14H21NO3/c1-17-11-6-7-12(18-2)13-10(11)5-3-4-8-14(13,16)9-15/h6-7,16H,3-5,8-9,15H2,1-2H3. The van der Waals surface area contributed by atoms with Gasteiger partial charge in [0, 0.05) is 17.7 Å². The van der Waals surface area contributed by atoms with E-state index in [4.69, 9.17) is 15.2 Å². The normalized spacial score (nSPS) is 23.1. The van der Waals surface area contributed by atoms with Crippen molar-refractivity contribution in [2.24, 2.45) is 5.73 Å². The summed E-state index contributed by atoms with van der Waals surface area (Å²) in [7, 11) is 3.26. The SMILES string of the molecule is COc1ccc(OC)c2c1CCCCC2(O)CN. The molecule has 100 valence electrons. The summed E-state index contributed by atoms with van der Waals surface area (Å²) in [5.41, 5.74) is 6.62. The molecule has 1 aliphatic rings. The third-order valence-electron chi connectivity index (χ3n) is 3.74. The van der Waals surface area contributed by atoms with Gasteiger partial charge in [-0.05, 0) is 37.8 Å². The third kappa shape index (κ3) is 2.06. The average molecular weight is 251 g/mol. The average Bonchev–Trinajstić information content (AvgIpc) is 2.58. The second kappa shape index (κ2) is 5.16. The van der Waals surface area contributed by atoms with Crippen molar-refractivity contribution in [1.82, 2.24) is 0 Å². The monoisotopic (exact) mass is 251 g/mol. The maximum Gasteiger partial charge on any atom is 0.125 e. The molecule has 1 unspecified atom stereocenters. The molecule has 0 bridgehead atoms. The molecule has 0 fully saturated rings. The lowest BCUT2D eigenvalue weighted by Gasteiger charge is -2.29. The van der Waals surface area contributed by atoms with Gasteiger partial charge in [-0.2, -0.15) is 0 Å². The number of methoxy groups -OCH3 is 2. The summed E-state index contributed by atoms with van der Waals surface area (Å²) in [5.74, 6) is 1.50. The van der Waals surface area contributed by atoms with Gasteiger partial charge in [-0.3, -0.25) is 0 Å². The second-order valence-electron chi connectivity index (χ2n) is 4.77. The molecule has 0 heterocycles. The fourth-order valence-electron chi connectivity index (χ4n) is 2.78. The van der Waals surface area contributed by atoms with Crippen molar-refractivity contribution in [2.45, 2.75) is 31.3 Å². The molecule has 3 N–H and O–H groups in total. The molecule has 0 aromatic heterocycles. The number of hydrogen-bond acceptors (Lipinski definition) is 4. The summed E-state index contributed by atoms with van der Waals surface area (Å²) in [6.45, 7) is 0.198. The highest BCUT2D eigenvalue weighted by Crippen LogP contribution is 2.43. The van der Waals surface area contributed by atoms with Gasteiger partial charge in [0.05, 0.1) is 14.2 Å². The Morgan fingerprint density at radius 1 is 1.22 bits per heavy atom. The van der Waals surface area contributed by atoms with Gasteiger partial charge < -0.3 is 20.3 Å². The van der Waals surface area contributed by atoms with E-state index in [1.807, 2.05) is 12.1 Å². The number of nitrogens with two attached hydrogens (primary N) is 1. The molecule has 0 spiro atoms. The molecule has 1 atom stereocenters. The zero-order chi connectivity index (χ0) is 13.2. The molecule has 4 nitrogen and oxygen atoms in total. The summed E-state index contributed by atoms with van der Waals surface area (Å²) in [5, 5.41) is 10.8. The van der Waals surface area contributed by atoms with Crippen molar-refractivity contribution < 1.29 is 14.6 Å². The van der Waals surface area contributed by atoms with Crippen molar-refractivity contribution in [3.63, 3.8) is 0 Å². The zero-order valence-electron chi connectivity index (χ0n) is 11.0. The number of ether oxygens (including phenoxy) is 2. The third-order valence-corrected chi connectivity index (χ3v) is 3.74. The molecule has 0 radical (unpaired) electrons. The maximum absolute atomic E-state index is 10.8. The zero-order valence-corrected chi connectivity index (χ0v) is 11.0. The molecule has 4 heteroatoms. The first kappa shape index (κ1) is 13.2. The van der Waals surface area contributed by atoms with Crippen LogP contribution in [0, 0.1) is 0 Å². The summed E-state index contributed by atoms with van der Waals surface area (Å²) in [6, 6.07) is 3.73. The van der Waals surface area contributed by atoms with Gasteiger partial charge in [0.1, 0.15) is 17.1 Å². The van der Waals surface area contributed by atoms with Crippen LogP contribution in [0.15, 0.2) is 12.1 Å². The number of hydrogen-bond donors (Lipinski definition) is 2. The number of fused-ring (bicyclic) bond motifs is 1. The van der Waals surface area contributed by atoms with E-state index in [0.717, 1.165) is 36.1 Å². The lowest BCUT2D eigenvalue weighted by Crippen LogP contribution is -2.35. The fourth-order valence-corrected chi connectivity index (χ4v) is 2.78. The predicted molar refractivity (Wildman–Crippen MR) is 70.1 cm³/mol. The van der Waals surface area contributed by atoms with E-state index in [1.54, 1.807) is 14.2 Å². The minimum atomic E-state index is -1.01. The van der Waals surface area contributed by atoms with Gasteiger partial charge >= 0.3 is 0 Å². The van der Waals surface area contributed by atoms with Crippen LogP contribution in [0.1, 0.15) is 30.4 Å². The Morgan fingerprint density at radius 2 is 1.89 bits per heavy atom. The number of aliphatic hydroxyl groups is 1. The molecule has 0 aliphatic heterocycles. The van der Waals surface area contributed by atoms with Crippen LogP contribution in [0.5, 0.6) is 11.5 Å². The lowest BCUT2D eigenvalue weighted by atomic mass is 9.86. The Hall–Kier alpha value is -1.26. The lowest BCUT2D eigenvalue weighted by molar-refractivity contribution is 0.0337. The molecule has 1 aromatic carbocycles. The van der Waals surface area contributed by atoms with Crippen LogP contribution < -0.4 is 15.2 Å². The van der Waals surface area contributed by atoms with Crippen LogP contribution in [0.25, 0.3) is 0 Å². The van der Waals surface area contributed by atoms with Crippen molar-refractivity contribution in [1.29, 1.82) is 0 Å². The quantitative estimate of drug-likeness (QED) is 0.800. The van der Waals surface area contributed by atoms with Gasteiger partial charge in [0.2, 0.25) is 0 Å². The molecule has 0 amide bonds. The maximum atomic E-state index is 10.8. The van der Waals surface area contributed by atoms with Crippen LogP contribution in [0.4, 0.5) is 0 Å².